The van der Waals surface area contributed by atoms with Gasteiger partial charge in [-0.2, -0.15) is 0 Å². The Morgan fingerprint density at radius 3 is 2.62 bits per heavy atom. The SMILES string of the molecule is COc1ccc2c(c1)C1(SCCN1C(=O)Nc1ccccc1)C(=O)N2Cc1ccc(F)c(F)c1. The molecule has 3 aromatic carbocycles. The third-order valence-electron chi connectivity index (χ3n) is 6.00. The summed E-state index contributed by atoms with van der Waals surface area (Å²) in [4.78, 5) is 29.1. The molecule has 2 aliphatic rings. The molecule has 9 heteroatoms. The molecule has 1 fully saturated rings. The molecule has 6 nitrogen and oxygen atoms in total. The van der Waals surface area contributed by atoms with Gasteiger partial charge in [0, 0.05) is 23.5 Å². The number of hydrogen-bond acceptors (Lipinski definition) is 4. The third kappa shape index (κ3) is 3.56. The Morgan fingerprint density at radius 1 is 1.09 bits per heavy atom. The van der Waals surface area contributed by atoms with E-state index in [-0.39, 0.29) is 12.5 Å². The quantitative estimate of drug-likeness (QED) is 0.573. The lowest BCUT2D eigenvalue weighted by Gasteiger charge is -2.33. The van der Waals surface area contributed by atoms with Gasteiger partial charge in [-0.05, 0) is 48.0 Å². The summed E-state index contributed by atoms with van der Waals surface area (Å²) in [5.74, 6) is -1.13. The number of nitrogens with zero attached hydrogens (tertiary/aromatic N) is 2. The van der Waals surface area contributed by atoms with Crippen LogP contribution >= 0.6 is 11.8 Å². The minimum atomic E-state index is -1.29. The molecule has 1 spiro atoms. The second-order valence-corrected chi connectivity index (χ2v) is 9.25. The lowest BCUT2D eigenvalue weighted by molar-refractivity contribution is -0.123. The molecule has 3 aromatic rings. The lowest BCUT2D eigenvalue weighted by Crippen LogP contribution is -2.51. The number of ether oxygens (including phenoxy) is 1. The number of anilines is 2. The number of benzene rings is 3. The first-order valence-corrected chi connectivity index (χ1v) is 11.6. The summed E-state index contributed by atoms with van der Waals surface area (Å²) >= 11 is 1.37. The zero-order valence-electron chi connectivity index (χ0n) is 18.3. The Bertz CT molecular complexity index is 1270. The number of amides is 3. The molecule has 0 saturated carbocycles. The fraction of sp³-hybridized carbons (Fsp3) is 0.200. The summed E-state index contributed by atoms with van der Waals surface area (Å²) in [7, 11) is 1.53. The molecular weight excluding hydrogens is 460 g/mol. The highest BCUT2D eigenvalue weighted by Crippen LogP contribution is 2.55. The van der Waals surface area contributed by atoms with Crippen molar-refractivity contribution in [2.45, 2.75) is 11.4 Å². The minimum Gasteiger partial charge on any atom is -0.497 e. The van der Waals surface area contributed by atoms with Crippen LogP contribution in [0.15, 0.2) is 66.7 Å². The zero-order valence-corrected chi connectivity index (χ0v) is 19.1. The van der Waals surface area contributed by atoms with Crippen LogP contribution in [0.2, 0.25) is 0 Å². The number of urea groups is 1. The molecule has 5 rings (SSSR count). The van der Waals surface area contributed by atoms with E-state index in [1.807, 2.05) is 18.2 Å². The van der Waals surface area contributed by atoms with Crippen molar-refractivity contribution in [3.05, 3.63) is 89.5 Å². The summed E-state index contributed by atoms with van der Waals surface area (Å²) in [6, 6.07) is 17.5. The number of fused-ring (bicyclic) bond motifs is 2. The minimum absolute atomic E-state index is 0.0335. The number of thioether (sulfide) groups is 1. The van der Waals surface area contributed by atoms with Crippen molar-refractivity contribution in [3.63, 3.8) is 0 Å². The predicted molar refractivity (Wildman–Crippen MR) is 127 cm³/mol. The second-order valence-electron chi connectivity index (χ2n) is 7.96. The van der Waals surface area contributed by atoms with E-state index in [2.05, 4.69) is 5.32 Å². The third-order valence-corrected chi connectivity index (χ3v) is 7.41. The lowest BCUT2D eigenvalue weighted by atomic mass is 10.1. The van der Waals surface area contributed by atoms with E-state index in [0.717, 1.165) is 12.1 Å². The van der Waals surface area contributed by atoms with Gasteiger partial charge in [-0.1, -0.05) is 24.3 Å². The zero-order chi connectivity index (χ0) is 23.9. The Kier molecular flexibility index (Phi) is 5.65. The van der Waals surface area contributed by atoms with Gasteiger partial charge in [0.1, 0.15) is 5.75 Å². The van der Waals surface area contributed by atoms with Gasteiger partial charge in [0.15, 0.2) is 16.5 Å². The molecule has 3 amide bonds. The molecule has 0 aliphatic carbocycles. The van der Waals surface area contributed by atoms with Gasteiger partial charge in [-0.3, -0.25) is 9.69 Å². The van der Waals surface area contributed by atoms with Crippen molar-refractivity contribution >= 4 is 35.1 Å². The maximum absolute atomic E-state index is 14.0. The fourth-order valence-corrected chi connectivity index (χ4v) is 5.86. The van der Waals surface area contributed by atoms with Crippen molar-refractivity contribution in [1.29, 1.82) is 0 Å². The van der Waals surface area contributed by atoms with Crippen LogP contribution in [-0.2, 0) is 16.2 Å². The molecule has 174 valence electrons. The molecule has 2 heterocycles. The number of carbonyl (C=O) groups excluding carboxylic acids is 2. The van der Waals surface area contributed by atoms with Gasteiger partial charge < -0.3 is 15.0 Å². The second kappa shape index (κ2) is 8.64. The first-order valence-electron chi connectivity index (χ1n) is 10.7. The van der Waals surface area contributed by atoms with E-state index in [9.17, 15) is 18.4 Å². The Labute approximate surface area is 199 Å². The first kappa shape index (κ1) is 22.2. The highest BCUT2D eigenvalue weighted by atomic mass is 32.2. The van der Waals surface area contributed by atoms with Crippen molar-refractivity contribution in [2.75, 3.05) is 29.6 Å². The van der Waals surface area contributed by atoms with Gasteiger partial charge in [0.05, 0.1) is 19.3 Å². The van der Waals surface area contributed by atoms with Crippen LogP contribution in [0, 0.1) is 11.6 Å². The average Bonchev–Trinajstić information content (AvgIpc) is 3.39. The van der Waals surface area contributed by atoms with Crippen LogP contribution in [0.1, 0.15) is 11.1 Å². The van der Waals surface area contributed by atoms with E-state index in [1.54, 1.807) is 30.3 Å². The molecule has 1 saturated heterocycles. The van der Waals surface area contributed by atoms with E-state index >= 15 is 0 Å². The van der Waals surface area contributed by atoms with Crippen molar-refractivity contribution in [3.8, 4) is 5.75 Å². The van der Waals surface area contributed by atoms with Gasteiger partial charge >= 0.3 is 6.03 Å². The summed E-state index contributed by atoms with van der Waals surface area (Å²) in [6.07, 6.45) is 0. The van der Waals surface area contributed by atoms with E-state index in [0.29, 0.717) is 40.5 Å². The molecule has 0 radical (unpaired) electrons. The normalized spacial score (nSPS) is 19.0. The number of halogens is 2. The molecule has 1 atom stereocenters. The number of nitrogens with one attached hydrogen (secondary N) is 1. The molecule has 1 N–H and O–H groups in total. The summed E-state index contributed by atoms with van der Waals surface area (Å²) in [6.45, 7) is 0.399. The Balaban J connectivity index is 1.55. The smallest absolute Gasteiger partial charge is 0.323 e. The topological polar surface area (TPSA) is 61.9 Å². The predicted octanol–water partition coefficient (Wildman–Crippen LogP) is 4.95. The van der Waals surface area contributed by atoms with Crippen LogP contribution in [0.25, 0.3) is 0 Å². The van der Waals surface area contributed by atoms with Crippen molar-refractivity contribution in [1.82, 2.24) is 4.90 Å². The van der Waals surface area contributed by atoms with Crippen LogP contribution in [0.5, 0.6) is 5.75 Å². The Hall–Kier alpha value is -3.59. The molecule has 0 aromatic heterocycles. The molecule has 34 heavy (non-hydrogen) atoms. The average molecular weight is 482 g/mol. The maximum Gasteiger partial charge on any atom is 0.323 e. The highest BCUT2D eigenvalue weighted by Gasteiger charge is 2.59. The Morgan fingerprint density at radius 2 is 1.88 bits per heavy atom. The van der Waals surface area contributed by atoms with Gasteiger partial charge in [0.2, 0.25) is 0 Å². The van der Waals surface area contributed by atoms with E-state index < -0.39 is 22.5 Å². The maximum atomic E-state index is 14.0. The molecular formula is C25H21F2N3O3S. The summed E-state index contributed by atoms with van der Waals surface area (Å²) in [5.41, 5.74) is 2.29. The van der Waals surface area contributed by atoms with Crippen LogP contribution < -0.4 is 15.0 Å². The summed E-state index contributed by atoms with van der Waals surface area (Å²) in [5, 5.41) is 2.87. The van der Waals surface area contributed by atoms with Gasteiger partial charge in [-0.15, -0.1) is 11.8 Å². The summed E-state index contributed by atoms with van der Waals surface area (Å²) < 4.78 is 32.7. The van der Waals surface area contributed by atoms with Crippen LogP contribution in [0.4, 0.5) is 25.0 Å². The van der Waals surface area contributed by atoms with E-state index in [4.69, 9.17) is 4.74 Å². The monoisotopic (exact) mass is 481 g/mol. The molecule has 1 unspecified atom stereocenters. The number of carbonyl (C=O) groups is 2. The van der Waals surface area contributed by atoms with Crippen LogP contribution in [0.3, 0.4) is 0 Å². The highest BCUT2D eigenvalue weighted by molar-refractivity contribution is 8.01. The number of rotatable bonds is 4. The van der Waals surface area contributed by atoms with E-state index in [1.165, 1.54) is 34.7 Å². The van der Waals surface area contributed by atoms with Crippen molar-refractivity contribution < 1.29 is 23.1 Å². The first-order chi connectivity index (χ1) is 16.4. The molecule has 0 bridgehead atoms. The standard InChI is InChI=1S/C25H21F2N3O3S/c1-33-18-8-10-22-19(14-18)25(23(31)29(22)15-16-7-9-20(26)21(27)13-16)30(11-12-34-25)24(32)28-17-5-3-2-4-6-17/h2-10,13-14H,11-12,15H2,1H3,(H,28,32). The molecule has 2 aliphatic heterocycles. The van der Waals surface area contributed by atoms with Crippen molar-refractivity contribution in [2.24, 2.45) is 0 Å². The van der Waals surface area contributed by atoms with Gasteiger partial charge in [-0.25, -0.2) is 13.6 Å². The van der Waals surface area contributed by atoms with Crippen LogP contribution in [-0.4, -0.2) is 36.2 Å². The largest absolute Gasteiger partial charge is 0.497 e. The van der Waals surface area contributed by atoms with Gasteiger partial charge in [0.25, 0.3) is 5.91 Å². The number of methoxy groups -OCH3 is 1. The number of hydrogen-bond donors (Lipinski definition) is 1. The number of para-hydroxylation sites is 1. The fourth-order valence-electron chi connectivity index (χ4n) is 4.41.